The molecule has 0 N–H and O–H groups in total. The highest BCUT2D eigenvalue weighted by atomic mass is 15.1. The third kappa shape index (κ3) is 18.5. The first-order valence-corrected chi connectivity index (χ1v) is 39.2. The maximum atomic E-state index is 8.43. The van der Waals surface area contributed by atoms with Gasteiger partial charge in [0.2, 0.25) is 0 Å². The molecule has 1 unspecified atom stereocenters. The van der Waals surface area contributed by atoms with Crippen LogP contribution in [-0.4, -0.2) is 132 Å². The number of hydrogen-bond donors (Lipinski definition) is 0. The van der Waals surface area contributed by atoms with Gasteiger partial charge in [0.05, 0.1) is 11.3 Å². The molecule has 22 heteroatoms. The van der Waals surface area contributed by atoms with Crippen LogP contribution in [0.4, 0.5) is 0 Å². The lowest BCUT2D eigenvalue weighted by Crippen LogP contribution is -2.66. The van der Waals surface area contributed by atoms with E-state index in [0.717, 1.165) is 33.6 Å². The molecule has 0 aliphatic carbocycles. The number of rotatable bonds is 9. The summed E-state index contributed by atoms with van der Waals surface area (Å²) in [6, 6.07) is 61.7. The molecule has 0 saturated heterocycles. The fourth-order valence-corrected chi connectivity index (χ4v) is 15.9. The summed E-state index contributed by atoms with van der Waals surface area (Å²) in [7, 11) is 24.8. The highest BCUT2D eigenvalue weighted by Crippen LogP contribution is 2.18. The molecule has 0 spiro atoms. The van der Waals surface area contributed by atoms with E-state index in [9.17, 15) is 0 Å². The zero-order chi connectivity index (χ0) is 86.0. The van der Waals surface area contributed by atoms with Gasteiger partial charge in [0.1, 0.15) is 42.3 Å². The van der Waals surface area contributed by atoms with Crippen molar-refractivity contribution in [2.45, 2.75) is 39.9 Å². The molecule has 12 aromatic rings. The summed E-state index contributed by atoms with van der Waals surface area (Å²) in [5.41, 5.74) is 22.8. The van der Waals surface area contributed by atoms with Gasteiger partial charge < -0.3 is 28.9 Å². The van der Waals surface area contributed by atoms with Crippen LogP contribution in [-0.2, 0) is 48.7 Å². The second-order valence-corrected chi connectivity index (χ2v) is 30.3. The lowest BCUT2D eigenvalue weighted by Gasteiger charge is -2.27. The summed E-state index contributed by atoms with van der Waals surface area (Å²) in [4.78, 5) is 30.6. The van der Waals surface area contributed by atoms with Gasteiger partial charge in [-0.05, 0) is 249 Å². The number of nitrogens with zero attached hydrogens (tertiary/aromatic N) is 16. The van der Waals surface area contributed by atoms with Crippen molar-refractivity contribution in [3.8, 4) is 0 Å². The Morgan fingerprint density at radius 1 is 0.348 bits per heavy atom. The fraction of sp³-hybridized carbons (Fsp3) is 0.204. The number of fused-ring (bicyclic) bond motifs is 6. The van der Waals surface area contributed by atoms with Crippen molar-refractivity contribution in [1.29, 1.82) is 0 Å². The monoisotopic (exact) mass is 1520 g/mol. The third-order valence-electron chi connectivity index (χ3n) is 21.9. The molecule has 0 saturated carbocycles. The number of hydrogen-bond acceptors (Lipinski definition) is 10. The molecule has 6 aliphatic rings. The van der Waals surface area contributed by atoms with E-state index < -0.39 is 19.1 Å². The predicted molar refractivity (Wildman–Crippen MR) is 479 cm³/mol. The van der Waals surface area contributed by atoms with Gasteiger partial charge in [-0.15, -0.1) is 0 Å². The number of aromatic nitrogens is 10. The molecule has 570 valence electrons. The second kappa shape index (κ2) is 37.0. The Balaban J connectivity index is 0.000000126. The minimum atomic E-state index is -2.39. The van der Waals surface area contributed by atoms with Gasteiger partial charge in [-0.25, -0.2) is 27.4 Å². The first-order valence-electron chi connectivity index (χ1n) is 42.2. The zero-order valence-corrected chi connectivity index (χ0v) is 68.9. The Hall–Kier alpha value is -12.4. The van der Waals surface area contributed by atoms with Crippen LogP contribution < -0.4 is 93.9 Å². The molecule has 10 aromatic heterocycles. The van der Waals surface area contributed by atoms with Crippen molar-refractivity contribution in [2.24, 2.45) is 48.2 Å². The van der Waals surface area contributed by atoms with Gasteiger partial charge in [0.25, 0.3) is 0 Å². The van der Waals surface area contributed by atoms with Crippen molar-refractivity contribution in [3.05, 3.63) is 338 Å². The summed E-state index contributed by atoms with van der Waals surface area (Å²) >= 11 is 0. The molecule has 6 aliphatic heterocycles. The average molecular weight is 1520 g/mol. The Labute approximate surface area is 693 Å². The van der Waals surface area contributed by atoms with E-state index in [1.807, 2.05) is 156 Å². The lowest BCUT2D eigenvalue weighted by atomic mass is 9.49. The van der Waals surface area contributed by atoms with Gasteiger partial charge >= 0.3 is 41.1 Å². The number of benzene rings is 2. The first-order chi connectivity index (χ1) is 58.0. The molecule has 2 aromatic carbocycles. The highest BCUT2D eigenvalue weighted by Gasteiger charge is 2.41. The summed E-state index contributed by atoms with van der Waals surface area (Å²) in [6.07, 6.45) is 47.3. The maximum Gasteiger partial charge on any atom is 0.422 e. The van der Waals surface area contributed by atoms with Crippen LogP contribution in [0.2, 0.25) is 0 Å². The van der Waals surface area contributed by atoms with Crippen LogP contribution >= 0.6 is 0 Å². The van der Waals surface area contributed by atoms with Crippen molar-refractivity contribution >= 4 is 144 Å². The molecule has 0 bridgehead atoms. The Morgan fingerprint density at radius 3 is 1.27 bits per heavy atom. The Morgan fingerprint density at radius 2 is 0.730 bits per heavy atom. The molecule has 115 heavy (non-hydrogen) atoms. The molecular weight excluding hydrogens is 1410 g/mol. The van der Waals surface area contributed by atoms with Gasteiger partial charge in [-0.2, -0.15) is 0 Å². The van der Waals surface area contributed by atoms with E-state index in [2.05, 4.69) is 343 Å². The molecule has 16 heterocycles. The van der Waals surface area contributed by atoms with E-state index in [4.69, 9.17) is 8.22 Å². The van der Waals surface area contributed by atoms with E-state index in [1.165, 1.54) is 78.9 Å². The Kier molecular flexibility index (Phi) is 23.4. The highest BCUT2D eigenvalue weighted by molar-refractivity contribution is 6.85. The van der Waals surface area contributed by atoms with Crippen molar-refractivity contribution < 1.29 is 35.6 Å². The Bertz CT molecular complexity index is 5450. The van der Waals surface area contributed by atoms with Crippen LogP contribution in [0.5, 0.6) is 0 Å². The normalized spacial score (nSPS) is 15.2. The van der Waals surface area contributed by atoms with Crippen molar-refractivity contribution in [1.82, 2.24) is 48.8 Å². The van der Waals surface area contributed by atoms with Gasteiger partial charge in [0, 0.05) is 93.9 Å². The summed E-state index contributed by atoms with van der Waals surface area (Å²) in [6.45, 7) is 3.86. The standard InChI is InChI=1S/C19H24BN2.C18H22BN2.4C14H15BN3/c1-15(2)13-16-9-11-21(3)19(14-16)20-18-8-6-5-7-17(18)10-12-22(20)4;1-14(2)16-9-11-20(3)18(13-16)19-17-8-6-5-7-15(17)10-12-21(19)4;1-17-10-4-3-7-14(17)15-12-6-5-9-16-13(12)8-11-18(15)2;1-17-10-4-3-7-13(17)15-14-12(6-5-9-16-14)8-11-18(15)2;1-17-9-4-3-5-14(17)15-13-6-8-16-11-12(13)7-10-18(15)2;1-17-9-4-3-5-14(17)15-13-11-16-8-6-12(13)7-10-18(15)2/h5-12,14-15H,13H2,1-4H3;5-14H,1-4H3;4*3-11H,1-2H3/q6*+1/i13D2;1D3,14D;;;;. The van der Waals surface area contributed by atoms with Gasteiger partial charge in [0.15, 0.2) is 70.7 Å². The zero-order valence-electron chi connectivity index (χ0n) is 74.9. The fourth-order valence-electron chi connectivity index (χ4n) is 15.9. The van der Waals surface area contributed by atoms with Gasteiger partial charge in [-0.3, -0.25) is 19.9 Å². The molecule has 16 nitrogen and oxygen atoms in total. The van der Waals surface area contributed by atoms with Crippen LogP contribution in [0.1, 0.15) is 86.4 Å². The van der Waals surface area contributed by atoms with E-state index in [1.54, 1.807) is 6.07 Å². The smallest absolute Gasteiger partial charge is 0.411 e. The number of aryl methyl sites for hydroxylation is 6. The molecule has 0 amide bonds. The first kappa shape index (κ1) is 72.8. The largest absolute Gasteiger partial charge is 0.422 e. The quantitative estimate of drug-likeness (QED) is 0.159. The third-order valence-corrected chi connectivity index (χ3v) is 21.9. The second-order valence-electron chi connectivity index (χ2n) is 30.3. The van der Waals surface area contributed by atoms with Crippen LogP contribution in [0.15, 0.2) is 294 Å². The van der Waals surface area contributed by atoms with Crippen molar-refractivity contribution in [2.75, 3.05) is 42.3 Å². The summed E-state index contributed by atoms with van der Waals surface area (Å²) in [5, 5.41) is 0. The van der Waals surface area contributed by atoms with Crippen LogP contribution in [0, 0.1) is 5.92 Å². The maximum absolute atomic E-state index is 8.43. The molecule has 0 radical (unpaired) electrons. The average Bonchev–Trinajstić information content (AvgIpc) is 0.765. The van der Waals surface area contributed by atoms with E-state index in [0.29, 0.717) is 5.56 Å². The van der Waals surface area contributed by atoms with Crippen LogP contribution in [0.3, 0.4) is 0 Å². The molecule has 1 atom stereocenters. The lowest BCUT2D eigenvalue weighted by molar-refractivity contribution is -0.654. The summed E-state index contributed by atoms with van der Waals surface area (Å²) < 4.78 is 61.1. The van der Waals surface area contributed by atoms with E-state index >= 15 is 0 Å². The number of pyridine rings is 10. The van der Waals surface area contributed by atoms with E-state index in [-0.39, 0.29) is 47.0 Å². The van der Waals surface area contributed by atoms with Gasteiger partial charge in [-0.1, -0.05) is 113 Å². The molecular formula is C93H106B6N16+6. The SMILES string of the molecule is CN1C=Cc2cccnc2B1c1cccc[n+]1C.CN1C=Cc2ccncc2B1c1cccc[n+]1C.CN1C=Cc2cnccc2B1c1cccc[n+]1C.CN1C=Cc2ncccc2B1c1cccc[n+]1C.[2H]C([2H])([2H])C([2H])(C)c1cc[n+](C)c(B2c3ccccc3C=CN2C)c1.[2H]C([2H])(c1cc[n+](C)c(B2c3ccccc3C=CN2C)c1)C(C)C. The summed E-state index contributed by atoms with van der Waals surface area (Å²) in [5.74, 6) is -1.73. The molecule has 0 fully saturated rings. The molecule has 18 rings (SSSR count). The predicted octanol–water partition coefficient (Wildman–Crippen LogP) is 3.10. The van der Waals surface area contributed by atoms with Crippen LogP contribution in [0.25, 0.3) is 36.5 Å². The topological polar surface area (TPSA) is 94.3 Å². The minimum absolute atomic E-state index is 0.0291. The minimum Gasteiger partial charge on any atom is -0.411 e. The van der Waals surface area contributed by atoms with Crippen molar-refractivity contribution in [3.63, 3.8) is 0 Å².